The van der Waals surface area contributed by atoms with Gasteiger partial charge < -0.3 is 10.2 Å². The summed E-state index contributed by atoms with van der Waals surface area (Å²) in [6, 6.07) is 7.85. The third-order valence-corrected chi connectivity index (χ3v) is 4.32. The van der Waals surface area contributed by atoms with Crippen molar-refractivity contribution in [2.45, 2.75) is 13.0 Å². The number of carbonyl (C=O) groups excluding carboxylic acids is 1. The first kappa shape index (κ1) is 17.3. The monoisotopic (exact) mass is 343 g/mol. The van der Waals surface area contributed by atoms with Crippen molar-refractivity contribution in [1.82, 2.24) is 20.2 Å². The third kappa shape index (κ3) is 4.73. The number of benzene rings is 1. The summed E-state index contributed by atoms with van der Waals surface area (Å²) in [7, 11) is 0. The average molecular weight is 343 g/mol. The fourth-order valence-corrected chi connectivity index (χ4v) is 2.89. The second kappa shape index (κ2) is 8.02. The van der Waals surface area contributed by atoms with E-state index in [0.29, 0.717) is 6.54 Å². The lowest BCUT2D eigenvalue weighted by Crippen LogP contribution is -2.50. The number of halogens is 1. The zero-order valence-corrected chi connectivity index (χ0v) is 14.2. The van der Waals surface area contributed by atoms with Crippen molar-refractivity contribution in [3.05, 3.63) is 54.1 Å². The van der Waals surface area contributed by atoms with Crippen molar-refractivity contribution >= 4 is 11.9 Å². The Labute approximate surface area is 146 Å². The van der Waals surface area contributed by atoms with E-state index >= 15 is 0 Å². The van der Waals surface area contributed by atoms with Gasteiger partial charge in [0.05, 0.1) is 12.6 Å². The Morgan fingerprint density at radius 1 is 1.16 bits per heavy atom. The maximum absolute atomic E-state index is 13.0. The first-order chi connectivity index (χ1) is 12.1. The molecular weight excluding hydrogens is 321 g/mol. The van der Waals surface area contributed by atoms with Crippen LogP contribution in [0.5, 0.6) is 0 Å². The zero-order chi connectivity index (χ0) is 17.6. The minimum atomic E-state index is -0.275. The molecule has 1 N–H and O–H groups in total. The number of nitrogens with zero attached hydrogens (tertiary/aromatic N) is 4. The molecule has 132 valence electrons. The molecule has 0 spiro atoms. The van der Waals surface area contributed by atoms with Gasteiger partial charge in [-0.15, -0.1) is 0 Å². The zero-order valence-electron chi connectivity index (χ0n) is 14.2. The average Bonchev–Trinajstić information content (AvgIpc) is 2.63. The maximum Gasteiger partial charge on any atom is 0.234 e. The number of piperazine rings is 1. The minimum Gasteiger partial charge on any atom is -0.348 e. The quantitative estimate of drug-likeness (QED) is 0.894. The Hall–Kier alpha value is -2.54. The van der Waals surface area contributed by atoms with Crippen LogP contribution >= 0.6 is 0 Å². The van der Waals surface area contributed by atoms with Gasteiger partial charge in [0.2, 0.25) is 11.9 Å². The molecular formula is C18H22FN5O. The summed E-state index contributed by atoms with van der Waals surface area (Å²) in [5.74, 6) is 0.431. The smallest absolute Gasteiger partial charge is 0.234 e. The molecule has 1 saturated heterocycles. The fourth-order valence-electron chi connectivity index (χ4n) is 2.89. The van der Waals surface area contributed by atoms with Crippen molar-refractivity contribution in [3.63, 3.8) is 0 Å². The molecule has 1 aliphatic heterocycles. The van der Waals surface area contributed by atoms with E-state index in [1.807, 2.05) is 6.92 Å². The number of carbonyl (C=O) groups is 1. The highest BCUT2D eigenvalue weighted by Gasteiger charge is 2.21. The summed E-state index contributed by atoms with van der Waals surface area (Å²) < 4.78 is 13.0. The second-order valence-corrected chi connectivity index (χ2v) is 6.15. The van der Waals surface area contributed by atoms with E-state index in [-0.39, 0.29) is 17.8 Å². The van der Waals surface area contributed by atoms with Crippen LogP contribution in [0, 0.1) is 5.82 Å². The highest BCUT2D eigenvalue weighted by Crippen LogP contribution is 2.13. The van der Waals surface area contributed by atoms with Crippen LogP contribution in [0.3, 0.4) is 0 Å². The van der Waals surface area contributed by atoms with E-state index in [1.54, 1.807) is 30.6 Å². The van der Waals surface area contributed by atoms with Gasteiger partial charge in [0.1, 0.15) is 5.82 Å². The Morgan fingerprint density at radius 3 is 2.44 bits per heavy atom. The molecule has 1 fully saturated rings. The maximum atomic E-state index is 13.0. The van der Waals surface area contributed by atoms with Crippen LogP contribution in [-0.4, -0.2) is 53.5 Å². The summed E-state index contributed by atoms with van der Waals surface area (Å²) in [5.41, 5.74) is 0.890. The Morgan fingerprint density at radius 2 is 1.80 bits per heavy atom. The van der Waals surface area contributed by atoms with Gasteiger partial charge in [0.25, 0.3) is 0 Å². The van der Waals surface area contributed by atoms with E-state index < -0.39 is 0 Å². The van der Waals surface area contributed by atoms with Crippen molar-refractivity contribution in [1.29, 1.82) is 0 Å². The predicted octanol–water partition coefficient (Wildman–Crippen LogP) is 1.62. The Balaban J connectivity index is 1.45. The number of anilines is 1. The number of aromatic nitrogens is 2. The molecule has 1 aromatic carbocycles. The summed E-state index contributed by atoms with van der Waals surface area (Å²) in [6.07, 6.45) is 3.47. The van der Waals surface area contributed by atoms with Crippen LogP contribution in [0.1, 0.15) is 18.5 Å². The van der Waals surface area contributed by atoms with Gasteiger partial charge in [0.15, 0.2) is 0 Å². The first-order valence-electron chi connectivity index (χ1n) is 8.41. The van der Waals surface area contributed by atoms with Gasteiger partial charge in [-0.25, -0.2) is 14.4 Å². The van der Waals surface area contributed by atoms with Gasteiger partial charge in [-0.1, -0.05) is 12.1 Å². The predicted molar refractivity (Wildman–Crippen MR) is 93.6 cm³/mol. The van der Waals surface area contributed by atoms with Crippen LogP contribution in [-0.2, 0) is 4.79 Å². The lowest BCUT2D eigenvalue weighted by Gasteiger charge is -2.34. The molecule has 0 radical (unpaired) electrons. The molecule has 0 bridgehead atoms. The van der Waals surface area contributed by atoms with E-state index in [9.17, 15) is 9.18 Å². The fraction of sp³-hybridized carbons (Fsp3) is 0.389. The summed E-state index contributed by atoms with van der Waals surface area (Å²) >= 11 is 0. The molecule has 3 rings (SSSR count). The number of hydrogen-bond acceptors (Lipinski definition) is 5. The van der Waals surface area contributed by atoms with Gasteiger partial charge in [-0.2, -0.15) is 0 Å². The molecule has 7 heteroatoms. The van der Waals surface area contributed by atoms with E-state index in [1.165, 1.54) is 12.1 Å². The minimum absolute atomic E-state index is 0.0266. The lowest BCUT2D eigenvalue weighted by atomic mass is 10.1. The first-order valence-corrected chi connectivity index (χ1v) is 8.41. The molecule has 0 unspecified atom stereocenters. The standard InChI is InChI=1S/C18H22FN5O/c1-14(15-3-5-16(19)6-4-15)22-17(25)13-23-9-11-24(12-10-23)18-20-7-2-8-21-18/h2-8,14H,9-13H2,1H3,(H,22,25)/t14-/m0/s1. The van der Waals surface area contributed by atoms with Crippen LogP contribution in [0.2, 0.25) is 0 Å². The molecule has 1 amide bonds. The summed E-state index contributed by atoms with van der Waals surface area (Å²) in [4.78, 5) is 25.0. The number of hydrogen-bond donors (Lipinski definition) is 1. The molecule has 2 heterocycles. The molecule has 0 aliphatic carbocycles. The summed E-state index contributed by atoms with van der Waals surface area (Å²) in [5, 5.41) is 2.96. The molecule has 0 saturated carbocycles. The van der Waals surface area contributed by atoms with E-state index in [0.717, 1.165) is 37.7 Å². The van der Waals surface area contributed by atoms with E-state index in [4.69, 9.17) is 0 Å². The molecule has 25 heavy (non-hydrogen) atoms. The van der Waals surface area contributed by atoms with Crippen LogP contribution in [0.15, 0.2) is 42.7 Å². The molecule has 2 aromatic rings. The van der Waals surface area contributed by atoms with Gasteiger partial charge in [0, 0.05) is 38.6 Å². The topological polar surface area (TPSA) is 61.4 Å². The number of rotatable bonds is 5. The largest absolute Gasteiger partial charge is 0.348 e. The molecule has 1 atom stereocenters. The highest BCUT2D eigenvalue weighted by molar-refractivity contribution is 5.78. The van der Waals surface area contributed by atoms with Crippen molar-refractivity contribution in [3.8, 4) is 0 Å². The molecule has 6 nitrogen and oxygen atoms in total. The van der Waals surface area contributed by atoms with Crippen molar-refractivity contribution in [2.75, 3.05) is 37.6 Å². The Kier molecular flexibility index (Phi) is 5.55. The van der Waals surface area contributed by atoms with Crippen molar-refractivity contribution in [2.24, 2.45) is 0 Å². The molecule has 1 aromatic heterocycles. The SMILES string of the molecule is C[C@H](NC(=O)CN1CCN(c2ncccn2)CC1)c1ccc(F)cc1. The van der Waals surface area contributed by atoms with Crippen LogP contribution in [0.4, 0.5) is 10.3 Å². The second-order valence-electron chi connectivity index (χ2n) is 6.15. The van der Waals surface area contributed by atoms with Crippen molar-refractivity contribution < 1.29 is 9.18 Å². The Bertz CT molecular complexity index is 686. The number of amides is 1. The van der Waals surface area contributed by atoms with Crippen LogP contribution in [0.25, 0.3) is 0 Å². The van der Waals surface area contributed by atoms with E-state index in [2.05, 4.69) is 25.1 Å². The van der Waals surface area contributed by atoms with Gasteiger partial charge in [-0.05, 0) is 30.7 Å². The third-order valence-electron chi connectivity index (χ3n) is 4.32. The van der Waals surface area contributed by atoms with Gasteiger partial charge in [-0.3, -0.25) is 9.69 Å². The highest BCUT2D eigenvalue weighted by atomic mass is 19.1. The van der Waals surface area contributed by atoms with Crippen LogP contribution < -0.4 is 10.2 Å². The van der Waals surface area contributed by atoms with Gasteiger partial charge >= 0.3 is 0 Å². The normalized spacial score (nSPS) is 16.5. The number of nitrogens with one attached hydrogen (secondary N) is 1. The molecule has 1 aliphatic rings. The summed E-state index contributed by atoms with van der Waals surface area (Å²) in [6.45, 7) is 5.42. The lowest BCUT2D eigenvalue weighted by molar-refractivity contribution is -0.123.